The molecule has 2 heteroatoms. The van der Waals surface area contributed by atoms with Crippen LogP contribution in [-0.4, -0.2) is 11.8 Å². The van der Waals surface area contributed by atoms with Gasteiger partial charge in [0.2, 0.25) is 0 Å². The second-order valence-electron chi connectivity index (χ2n) is 8.91. The highest BCUT2D eigenvalue weighted by Crippen LogP contribution is 2.37. The highest BCUT2D eigenvalue weighted by Gasteiger charge is 2.25. The van der Waals surface area contributed by atoms with E-state index in [4.69, 9.17) is 5.73 Å². The van der Waals surface area contributed by atoms with E-state index in [1.807, 2.05) is 0 Å². The van der Waals surface area contributed by atoms with Crippen molar-refractivity contribution in [1.82, 2.24) is 0 Å². The Hall–Kier alpha value is -1.25. The molecule has 0 bridgehead atoms. The molecule has 144 valence electrons. The van der Waals surface area contributed by atoms with Gasteiger partial charge in [-0.25, -0.2) is 0 Å². The average molecular weight is 380 g/mol. The lowest BCUT2D eigenvalue weighted by Crippen LogP contribution is -2.17. The van der Waals surface area contributed by atoms with Crippen LogP contribution in [0.4, 0.5) is 0 Å². The van der Waals surface area contributed by atoms with E-state index in [0.717, 1.165) is 5.92 Å². The normalized spacial score (nSPS) is 25.0. The molecule has 2 aromatic carbocycles. The van der Waals surface area contributed by atoms with E-state index in [1.54, 1.807) is 16.7 Å². The lowest BCUT2D eigenvalue weighted by atomic mass is 9.82. The van der Waals surface area contributed by atoms with Crippen LogP contribution in [0.1, 0.15) is 73.6 Å². The Labute approximate surface area is 169 Å². The second-order valence-corrected chi connectivity index (χ2v) is 9.97. The van der Waals surface area contributed by atoms with Gasteiger partial charge in [-0.3, -0.25) is 0 Å². The van der Waals surface area contributed by atoms with Crippen molar-refractivity contribution < 1.29 is 0 Å². The van der Waals surface area contributed by atoms with E-state index in [2.05, 4.69) is 68.1 Å². The van der Waals surface area contributed by atoms with Crippen LogP contribution in [0, 0.1) is 5.92 Å². The summed E-state index contributed by atoms with van der Waals surface area (Å²) >= 11 is 2.07. The van der Waals surface area contributed by atoms with Crippen LogP contribution in [0.5, 0.6) is 0 Å². The molecule has 2 aliphatic rings. The molecule has 2 N–H and O–H groups in total. The first-order valence-corrected chi connectivity index (χ1v) is 11.7. The number of hydrogen-bond acceptors (Lipinski definition) is 2. The molecule has 0 radical (unpaired) electrons. The standard InChI is InChI=1S/C25H33NS/c1-17(2)24-5-3-4-6-25(24)27-16-18-7-8-20-14-21(10-9-19(20)13-18)22-11-12-23(26)15-22/h3-6,9-10,14,17-18,22-23H,7-8,11-13,15-16,26H2,1-2H3. The third kappa shape index (κ3) is 4.43. The topological polar surface area (TPSA) is 26.0 Å². The Kier molecular flexibility index (Phi) is 5.94. The number of hydrogen-bond donors (Lipinski definition) is 1. The van der Waals surface area contributed by atoms with Gasteiger partial charge in [-0.05, 0) is 84.6 Å². The van der Waals surface area contributed by atoms with Crippen molar-refractivity contribution in [3.05, 3.63) is 64.7 Å². The number of rotatable bonds is 5. The smallest absolute Gasteiger partial charge is 0.0107 e. The predicted molar refractivity (Wildman–Crippen MR) is 118 cm³/mol. The monoisotopic (exact) mass is 379 g/mol. The summed E-state index contributed by atoms with van der Waals surface area (Å²) in [5.41, 5.74) is 12.4. The first kappa shape index (κ1) is 19.1. The molecule has 3 unspecified atom stereocenters. The van der Waals surface area contributed by atoms with E-state index >= 15 is 0 Å². The summed E-state index contributed by atoms with van der Waals surface area (Å²) in [6, 6.07) is 16.7. The zero-order valence-corrected chi connectivity index (χ0v) is 17.6. The molecule has 0 aliphatic heterocycles. The lowest BCUT2D eigenvalue weighted by Gasteiger charge is -2.26. The molecule has 2 aliphatic carbocycles. The number of fused-ring (bicyclic) bond motifs is 1. The van der Waals surface area contributed by atoms with Crippen molar-refractivity contribution in [2.45, 2.75) is 75.1 Å². The summed E-state index contributed by atoms with van der Waals surface area (Å²) in [7, 11) is 0. The highest BCUT2D eigenvalue weighted by molar-refractivity contribution is 7.99. The summed E-state index contributed by atoms with van der Waals surface area (Å²) in [5.74, 6) is 3.34. The van der Waals surface area contributed by atoms with E-state index in [1.165, 1.54) is 54.7 Å². The van der Waals surface area contributed by atoms with Crippen molar-refractivity contribution in [3.8, 4) is 0 Å². The summed E-state index contributed by atoms with van der Waals surface area (Å²) in [4.78, 5) is 1.48. The van der Waals surface area contributed by atoms with Crippen molar-refractivity contribution in [2.75, 3.05) is 5.75 Å². The first-order valence-electron chi connectivity index (χ1n) is 10.7. The molecule has 1 saturated carbocycles. The maximum Gasteiger partial charge on any atom is 0.0107 e. The molecule has 0 spiro atoms. The van der Waals surface area contributed by atoms with Crippen LogP contribution in [0.2, 0.25) is 0 Å². The van der Waals surface area contributed by atoms with Crippen molar-refractivity contribution >= 4 is 11.8 Å². The fourth-order valence-electron chi connectivity index (χ4n) is 4.86. The van der Waals surface area contributed by atoms with Gasteiger partial charge >= 0.3 is 0 Å². The summed E-state index contributed by atoms with van der Waals surface area (Å²) in [5, 5.41) is 0. The quantitative estimate of drug-likeness (QED) is 0.617. The maximum absolute atomic E-state index is 6.13. The molecule has 2 aromatic rings. The molecule has 1 nitrogen and oxygen atoms in total. The molecule has 1 fully saturated rings. The van der Waals surface area contributed by atoms with E-state index in [-0.39, 0.29) is 0 Å². The number of benzene rings is 2. The average Bonchev–Trinajstić information content (AvgIpc) is 3.12. The summed E-state index contributed by atoms with van der Waals surface area (Å²) < 4.78 is 0. The molecular formula is C25H33NS. The van der Waals surface area contributed by atoms with Crippen molar-refractivity contribution in [2.24, 2.45) is 11.7 Å². The maximum atomic E-state index is 6.13. The number of nitrogens with two attached hydrogens (primary N) is 1. The largest absolute Gasteiger partial charge is 0.328 e. The van der Waals surface area contributed by atoms with Gasteiger partial charge in [0.1, 0.15) is 0 Å². The van der Waals surface area contributed by atoms with Gasteiger partial charge in [-0.15, -0.1) is 11.8 Å². The Morgan fingerprint density at radius 2 is 1.89 bits per heavy atom. The SMILES string of the molecule is CC(C)c1ccccc1SCC1CCc2cc(C3CCC(N)C3)ccc2C1. The van der Waals surface area contributed by atoms with Gasteiger partial charge < -0.3 is 5.73 Å². The van der Waals surface area contributed by atoms with E-state index in [9.17, 15) is 0 Å². The van der Waals surface area contributed by atoms with Crippen LogP contribution < -0.4 is 5.73 Å². The van der Waals surface area contributed by atoms with Crippen molar-refractivity contribution in [1.29, 1.82) is 0 Å². The number of aryl methyl sites for hydroxylation is 1. The molecular weight excluding hydrogens is 346 g/mol. The Balaban J connectivity index is 1.39. The van der Waals surface area contributed by atoms with E-state index in [0.29, 0.717) is 17.9 Å². The van der Waals surface area contributed by atoms with Crippen LogP contribution in [-0.2, 0) is 12.8 Å². The molecule has 3 atom stereocenters. The zero-order valence-electron chi connectivity index (χ0n) is 16.8. The fraction of sp³-hybridized carbons (Fsp3) is 0.520. The lowest BCUT2D eigenvalue weighted by molar-refractivity contribution is 0.508. The van der Waals surface area contributed by atoms with Crippen LogP contribution in [0.25, 0.3) is 0 Å². The minimum Gasteiger partial charge on any atom is -0.328 e. The second kappa shape index (κ2) is 8.41. The van der Waals surface area contributed by atoms with Gasteiger partial charge in [0.25, 0.3) is 0 Å². The van der Waals surface area contributed by atoms with Gasteiger partial charge in [-0.2, -0.15) is 0 Å². The van der Waals surface area contributed by atoms with Crippen LogP contribution in [0.15, 0.2) is 47.4 Å². The van der Waals surface area contributed by atoms with Crippen LogP contribution in [0.3, 0.4) is 0 Å². The summed E-state index contributed by atoms with van der Waals surface area (Å²) in [6.07, 6.45) is 7.47. The van der Waals surface area contributed by atoms with Gasteiger partial charge in [0.15, 0.2) is 0 Å². The molecule has 0 saturated heterocycles. The van der Waals surface area contributed by atoms with Crippen molar-refractivity contribution in [3.63, 3.8) is 0 Å². The molecule has 0 amide bonds. The van der Waals surface area contributed by atoms with Gasteiger partial charge in [0.05, 0.1) is 0 Å². The minimum atomic E-state index is 0.418. The van der Waals surface area contributed by atoms with E-state index < -0.39 is 0 Å². The predicted octanol–water partition coefficient (Wildman–Crippen LogP) is 6.30. The minimum absolute atomic E-state index is 0.418. The molecule has 0 aromatic heterocycles. The third-order valence-electron chi connectivity index (χ3n) is 6.52. The Morgan fingerprint density at radius 1 is 1.04 bits per heavy atom. The molecule has 0 heterocycles. The summed E-state index contributed by atoms with van der Waals surface area (Å²) in [6.45, 7) is 4.59. The zero-order chi connectivity index (χ0) is 18.8. The first-order chi connectivity index (χ1) is 13.1. The highest BCUT2D eigenvalue weighted by atomic mass is 32.2. The van der Waals surface area contributed by atoms with Gasteiger partial charge in [-0.1, -0.05) is 50.2 Å². The fourth-order valence-corrected chi connectivity index (χ4v) is 6.21. The van der Waals surface area contributed by atoms with Crippen LogP contribution >= 0.6 is 11.8 Å². The Bertz CT molecular complexity index is 782. The van der Waals surface area contributed by atoms with Gasteiger partial charge in [0, 0.05) is 16.7 Å². The number of thioether (sulfide) groups is 1. The molecule has 27 heavy (non-hydrogen) atoms. The molecule has 4 rings (SSSR count). The Morgan fingerprint density at radius 3 is 2.67 bits per heavy atom. The third-order valence-corrected chi connectivity index (χ3v) is 7.84.